The van der Waals surface area contributed by atoms with Gasteiger partial charge in [0.2, 0.25) is 0 Å². The van der Waals surface area contributed by atoms with E-state index in [4.69, 9.17) is 0 Å². The number of nitrogens with zero attached hydrogens (tertiary/aromatic N) is 3. The molecule has 6 heteroatoms. The van der Waals surface area contributed by atoms with E-state index in [0.717, 1.165) is 6.07 Å². The second kappa shape index (κ2) is 4.56. The SMILES string of the molecule is FC(F)(F)c1ccccc1-c1ncc2cnccc2n1. The molecule has 0 fully saturated rings. The lowest BCUT2D eigenvalue weighted by molar-refractivity contribution is -0.137. The van der Waals surface area contributed by atoms with Gasteiger partial charge in [-0.3, -0.25) is 4.98 Å². The lowest BCUT2D eigenvalue weighted by Gasteiger charge is -2.11. The second-order valence-corrected chi connectivity index (χ2v) is 4.17. The maximum Gasteiger partial charge on any atom is 0.417 e. The first-order valence-corrected chi connectivity index (χ1v) is 5.79. The highest BCUT2D eigenvalue weighted by atomic mass is 19.4. The molecule has 0 unspecified atom stereocenters. The van der Waals surface area contributed by atoms with Crippen LogP contribution in [0.25, 0.3) is 22.3 Å². The normalized spacial score (nSPS) is 11.8. The summed E-state index contributed by atoms with van der Waals surface area (Å²) in [5.74, 6) is 0.0524. The van der Waals surface area contributed by atoms with Crippen LogP contribution in [-0.4, -0.2) is 15.0 Å². The average molecular weight is 275 g/mol. The number of halogens is 3. The van der Waals surface area contributed by atoms with Crippen LogP contribution < -0.4 is 0 Å². The highest BCUT2D eigenvalue weighted by Crippen LogP contribution is 2.35. The van der Waals surface area contributed by atoms with Gasteiger partial charge in [0.15, 0.2) is 5.82 Å². The molecule has 2 heterocycles. The van der Waals surface area contributed by atoms with Crippen molar-refractivity contribution < 1.29 is 13.2 Å². The third-order valence-electron chi connectivity index (χ3n) is 2.85. The van der Waals surface area contributed by atoms with Crippen molar-refractivity contribution in [2.75, 3.05) is 0 Å². The first-order chi connectivity index (χ1) is 9.55. The first kappa shape index (κ1) is 12.5. The summed E-state index contributed by atoms with van der Waals surface area (Å²) >= 11 is 0. The molecule has 0 aliphatic rings. The van der Waals surface area contributed by atoms with E-state index in [9.17, 15) is 13.2 Å². The lowest BCUT2D eigenvalue weighted by atomic mass is 10.1. The number of benzene rings is 1. The molecule has 2 aromatic heterocycles. The Kier molecular flexibility index (Phi) is 2.85. The van der Waals surface area contributed by atoms with E-state index >= 15 is 0 Å². The van der Waals surface area contributed by atoms with Crippen molar-refractivity contribution in [1.82, 2.24) is 15.0 Å². The highest BCUT2D eigenvalue weighted by Gasteiger charge is 2.33. The fourth-order valence-electron chi connectivity index (χ4n) is 1.93. The number of aromatic nitrogens is 3. The van der Waals surface area contributed by atoms with Gasteiger partial charge in [-0.05, 0) is 12.1 Å². The Morgan fingerprint density at radius 3 is 2.55 bits per heavy atom. The molecule has 0 saturated heterocycles. The summed E-state index contributed by atoms with van der Waals surface area (Å²) in [4.78, 5) is 12.1. The summed E-state index contributed by atoms with van der Waals surface area (Å²) in [7, 11) is 0. The first-order valence-electron chi connectivity index (χ1n) is 5.79. The zero-order valence-electron chi connectivity index (χ0n) is 10.1. The van der Waals surface area contributed by atoms with Crippen LogP contribution in [0.3, 0.4) is 0 Å². The van der Waals surface area contributed by atoms with Gasteiger partial charge >= 0.3 is 6.18 Å². The van der Waals surface area contributed by atoms with E-state index in [1.165, 1.54) is 30.6 Å². The summed E-state index contributed by atoms with van der Waals surface area (Å²) in [6.07, 6.45) is 0.133. The molecule has 0 aliphatic heterocycles. The summed E-state index contributed by atoms with van der Waals surface area (Å²) < 4.78 is 38.9. The number of fused-ring (bicyclic) bond motifs is 1. The largest absolute Gasteiger partial charge is 0.417 e. The van der Waals surface area contributed by atoms with E-state index in [0.29, 0.717) is 10.9 Å². The molecule has 20 heavy (non-hydrogen) atoms. The van der Waals surface area contributed by atoms with Crippen LogP contribution in [0, 0.1) is 0 Å². The van der Waals surface area contributed by atoms with Gasteiger partial charge in [0.1, 0.15) is 0 Å². The number of hydrogen-bond acceptors (Lipinski definition) is 3. The predicted molar refractivity (Wildman–Crippen MR) is 67.8 cm³/mol. The van der Waals surface area contributed by atoms with Crippen LogP contribution in [0.15, 0.2) is 48.9 Å². The van der Waals surface area contributed by atoms with E-state index in [1.807, 2.05) is 0 Å². The van der Waals surface area contributed by atoms with Crippen molar-refractivity contribution in [3.05, 3.63) is 54.5 Å². The molecule has 0 spiro atoms. The van der Waals surface area contributed by atoms with Crippen molar-refractivity contribution in [2.24, 2.45) is 0 Å². The standard InChI is InChI=1S/C14H8F3N3/c15-14(16,17)11-4-2-1-3-10(11)13-19-8-9-7-18-6-5-12(9)20-13/h1-8H. The molecular formula is C14H8F3N3. The Balaban J connectivity index is 2.21. The van der Waals surface area contributed by atoms with Crippen molar-refractivity contribution >= 4 is 10.9 Å². The topological polar surface area (TPSA) is 38.7 Å². The smallest absolute Gasteiger partial charge is 0.264 e. The van der Waals surface area contributed by atoms with Gasteiger partial charge in [0, 0.05) is 29.5 Å². The minimum atomic E-state index is -4.44. The fraction of sp³-hybridized carbons (Fsp3) is 0.0714. The third-order valence-corrected chi connectivity index (χ3v) is 2.85. The molecule has 0 aliphatic carbocycles. The Bertz CT molecular complexity index is 769. The summed E-state index contributed by atoms with van der Waals surface area (Å²) in [5.41, 5.74) is -0.214. The number of hydrogen-bond donors (Lipinski definition) is 0. The predicted octanol–water partition coefficient (Wildman–Crippen LogP) is 3.71. The molecule has 100 valence electrons. The lowest BCUT2D eigenvalue weighted by Crippen LogP contribution is -2.08. The van der Waals surface area contributed by atoms with Gasteiger partial charge in [-0.1, -0.05) is 18.2 Å². The van der Waals surface area contributed by atoms with Crippen LogP contribution in [0.4, 0.5) is 13.2 Å². The third kappa shape index (κ3) is 2.20. The molecule has 0 radical (unpaired) electrons. The number of rotatable bonds is 1. The summed E-state index contributed by atoms with van der Waals surface area (Å²) in [6.45, 7) is 0. The van der Waals surface area contributed by atoms with Crippen LogP contribution >= 0.6 is 0 Å². The number of pyridine rings is 1. The molecular weight excluding hydrogens is 267 g/mol. The van der Waals surface area contributed by atoms with Gasteiger partial charge in [-0.15, -0.1) is 0 Å². The van der Waals surface area contributed by atoms with Crippen LogP contribution in [0.2, 0.25) is 0 Å². The Hall–Kier alpha value is -2.50. The minimum absolute atomic E-state index is 0.0290. The maximum absolute atomic E-state index is 13.0. The van der Waals surface area contributed by atoms with Gasteiger partial charge in [-0.2, -0.15) is 13.2 Å². The van der Waals surface area contributed by atoms with Crippen molar-refractivity contribution in [2.45, 2.75) is 6.18 Å². The zero-order valence-corrected chi connectivity index (χ0v) is 10.1. The summed E-state index contributed by atoms with van der Waals surface area (Å²) in [6, 6.07) is 6.90. The second-order valence-electron chi connectivity index (χ2n) is 4.17. The average Bonchev–Trinajstić information content (AvgIpc) is 2.46. The summed E-state index contributed by atoms with van der Waals surface area (Å²) in [5, 5.41) is 0.681. The van der Waals surface area contributed by atoms with Crippen LogP contribution in [0.1, 0.15) is 5.56 Å². The quantitative estimate of drug-likeness (QED) is 0.679. The molecule has 0 atom stereocenters. The molecule has 3 aromatic rings. The molecule has 3 nitrogen and oxygen atoms in total. The van der Waals surface area contributed by atoms with Crippen molar-refractivity contribution in [3.8, 4) is 11.4 Å². The Morgan fingerprint density at radius 1 is 0.950 bits per heavy atom. The molecule has 0 amide bonds. The monoisotopic (exact) mass is 275 g/mol. The van der Waals surface area contributed by atoms with Gasteiger partial charge < -0.3 is 0 Å². The minimum Gasteiger partial charge on any atom is -0.264 e. The van der Waals surface area contributed by atoms with Gasteiger partial charge in [0.05, 0.1) is 11.1 Å². The zero-order chi connectivity index (χ0) is 14.2. The van der Waals surface area contributed by atoms with E-state index < -0.39 is 11.7 Å². The van der Waals surface area contributed by atoms with E-state index in [1.54, 1.807) is 12.3 Å². The molecule has 0 bridgehead atoms. The van der Waals surface area contributed by atoms with Crippen molar-refractivity contribution in [1.29, 1.82) is 0 Å². The van der Waals surface area contributed by atoms with Gasteiger partial charge in [-0.25, -0.2) is 9.97 Å². The highest BCUT2D eigenvalue weighted by molar-refractivity contribution is 5.78. The van der Waals surface area contributed by atoms with E-state index in [2.05, 4.69) is 15.0 Å². The molecule has 0 saturated carbocycles. The maximum atomic E-state index is 13.0. The van der Waals surface area contributed by atoms with E-state index in [-0.39, 0.29) is 11.4 Å². The Labute approximate surface area is 112 Å². The fourth-order valence-corrected chi connectivity index (χ4v) is 1.93. The molecule has 3 rings (SSSR count). The molecule has 1 aromatic carbocycles. The van der Waals surface area contributed by atoms with Crippen LogP contribution in [-0.2, 0) is 6.18 Å². The Morgan fingerprint density at radius 2 is 1.75 bits per heavy atom. The van der Waals surface area contributed by atoms with Crippen molar-refractivity contribution in [3.63, 3.8) is 0 Å². The number of alkyl halides is 3. The van der Waals surface area contributed by atoms with Gasteiger partial charge in [0.25, 0.3) is 0 Å². The van der Waals surface area contributed by atoms with Crippen LogP contribution in [0.5, 0.6) is 0 Å². The molecule has 0 N–H and O–H groups in total.